The van der Waals surface area contributed by atoms with E-state index in [9.17, 15) is 35.2 Å². The highest BCUT2D eigenvalue weighted by Gasteiger charge is 2.61. The second-order valence-electron chi connectivity index (χ2n) is 9.59. The number of benzene rings is 2. The fraction of sp³-hybridized carbons (Fsp3) is 0.458. The van der Waals surface area contributed by atoms with E-state index in [1.165, 1.54) is 23.1 Å². The summed E-state index contributed by atoms with van der Waals surface area (Å²) in [6, 6.07) is 0.469. The molecule has 1 saturated carbocycles. The van der Waals surface area contributed by atoms with Crippen molar-refractivity contribution in [2.24, 2.45) is 5.41 Å². The molecule has 1 spiro atoms. The van der Waals surface area contributed by atoms with Gasteiger partial charge in [-0.25, -0.2) is 44.3 Å². The van der Waals surface area contributed by atoms with Gasteiger partial charge in [-0.05, 0) is 49.4 Å². The molecule has 1 heterocycles. The number of nitrogens with zero attached hydrogens (tertiary/aromatic N) is 1. The first-order valence-corrected chi connectivity index (χ1v) is 13.2. The van der Waals surface area contributed by atoms with Gasteiger partial charge < -0.3 is 10.2 Å². The molecule has 1 aliphatic carbocycles. The van der Waals surface area contributed by atoms with E-state index in [0.29, 0.717) is 18.9 Å². The van der Waals surface area contributed by atoms with E-state index in [4.69, 9.17) is 0 Å². The fourth-order valence-electron chi connectivity index (χ4n) is 4.89. The molecule has 4 rings (SSSR count). The van der Waals surface area contributed by atoms with Crippen molar-refractivity contribution in [3.8, 4) is 11.1 Å². The summed E-state index contributed by atoms with van der Waals surface area (Å²) in [6.45, 7) is 1.10. The Morgan fingerprint density at radius 1 is 1.14 bits per heavy atom. The highest BCUT2D eigenvalue weighted by Crippen LogP contribution is 2.55. The first-order chi connectivity index (χ1) is 17.4. The molecule has 1 aliphatic heterocycles. The average molecular weight is 550 g/mol. The first kappa shape index (κ1) is 27.2. The third-order valence-corrected chi connectivity index (χ3v) is 7.84. The molecule has 13 heteroatoms. The van der Waals surface area contributed by atoms with Gasteiger partial charge in [-0.15, -0.1) is 0 Å². The Labute approximate surface area is 210 Å². The lowest BCUT2D eigenvalue weighted by atomic mass is 9.91. The van der Waals surface area contributed by atoms with Gasteiger partial charge in [0.25, 0.3) is 6.43 Å². The van der Waals surface area contributed by atoms with Crippen LogP contribution in [0.3, 0.4) is 0 Å². The van der Waals surface area contributed by atoms with Gasteiger partial charge in [0, 0.05) is 29.6 Å². The summed E-state index contributed by atoms with van der Waals surface area (Å²) in [5, 5.41) is 2.17. The summed E-state index contributed by atoms with van der Waals surface area (Å²) in [5.41, 5.74) is -0.956. The van der Waals surface area contributed by atoms with E-state index in [1.807, 2.05) is 0 Å². The average Bonchev–Trinajstić information content (AvgIpc) is 3.54. The molecule has 0 unspecified atom stereocenters. The Balaban J connectivity index is 1.71. The van der Waals surface area contributed by atoms with Gasteiger partial charge in [0.05, 0.1) is 12.1 Å². The molecule has 0 aromatic heterocycles. The van der Waals surface area contributed by atoms with Crippen LogP contribution in [0.25, 0.3) is 11.1 Å². The number of halogens is 6. The normalized spacial score (nSPS) is 21.5. The van der Waals surface area contributed by atoms with Crippen LogP contribution in [0.2, 0.25) is 0 Å². The maximum absolute atomic E-state index is 15.6. The lowest BCUT2D eigenvalue weighted by Crippen LogP contribution is -2.53. The van der Waals surface area contributed by atoms with E-state index in [1.54, 1.807) is 0 Å². The number of hydrogen-bond donors (Lipinski definition) is 2. The second-order valence-corrected chi connectivity index (χ2v) is 11.3. The Hall–Kier alpha value is -2.80. The molecule has 2 amide bonds. The number of amides is 2. The van der Waals surface area contributed by atoms with Crippen molar-refractivity contribution in [2.45, 2.75) is 50.7 Å². The third-order valence-electron chi connectivity index (χ3n) is 6.94. The lowest BCUT2D eigenvalue weighted by Gasteiger charge is -2.30. The molecule has 202 valence electrons. The molecule has 37 heavy (non-hydrogen) atoms. The van der Waals surface area contributed by atoms with Crippen LogP contribution in [0.5, 0.6) is 0 Å². The van der Waals surface area contributed by atoms with Gasteiger partial charge >= 0.3 is 6.03 Å². The number of nitrogens with one attached hydrogen (secondary N) is 2. The smallest absolute Gasteiger partial charge is 0.318 e. The van der Waals surface area contributed by atoms with Crippen molar-refractivity contribution in [3.63, 3.8) is 0 Å². The number of carbonyl (C=O) groups excluding carboxylic acids is 1. The van der Waals surface area contributed by atoms with Crippen LogP contribution >= 0.6 is 0 Å². The zero-order chi connectivity index (χ0) is 27.1. The van der Waals surface area contributed by atoms with Gasteiger partial charge in [-0.2, -0.15) is 0 Å². The highest BCUT2D eigenvalue weighted by molar-refractivity contribution is 7.89. The predicted molar refractivity (Wildman–Crippen MR) is 123 cm³/mol. The molecule has 2 aromatic rings. The minimum absolute atomic E-state index is 0.00462. The van der Waals surface area contributed by atoms with Crippen molar-refractivity contribution in [1.29, 1.82) is 0 Å². The number of hydrogen-bond acceptors (Lipinski definition) is 3. The largest absolute Gasteiger partial charge is 0.330 e. The molecule has 0 radical (unpaired) electrons. The van der Waals surface area contributed by atoms with Crippen LogP contribution in [-0.4, -0.2) is 56.5 Å². The number of sulfonamides is 1. The Morgan fingerprint density at radius 3 is 2.35 bits per heavy atom. The Bertz CT molecular complexity index is 1270. The van der Waals surface area contributed by atoms with Gasteiger partial charge in [0.15, 0.2) is 0 Å². The summed E-state index contributed by atoms with van der Waals surface area (Å²) in [5.74, 6) is -2.68. The Kier molecular flexibility index (Phi) is 7.48. The van der Waals surface area contributed by atoms with Crippen molar-refractivity contribution >= 4 is 16.1 Å². The second kappa shape index (κ2) is 10.2. The number of rotatable bonds is 8. The minimum Gasteiger partial charge on any atom is -0.330 e. The van der Waals surface area contributed by atoms with Gasteiger partial charge in [0.1, 0.15) is 17.5 Å². The highest BCUT2D eigenvalue weighted by atomic mass is 32.2. The van der Waals surface area contributed by atoms with E-state index >= 15 is 4.39 Å². The van der Waals surface area contributed by atoms with Crippen LogP contribution in [0.1, 0.15) is 25.3 Å². The molecule has 3 atom stereocenters. The Morgan fingerprint density at radius 2 is 1.78 bits per heavy atom. The summed E-state index contributed by atoms with van der Waals surface area (Å²) in [4.78, 5) is 14.1. The van der Waals surface area contributed by atoms with Crippen LogP contribution < -0.4 is 10.0 Å². The van der Waals surface area contributed by atoms with E-state index < -0.39 is 69.5 Å². The number of likely N-dealkylation sites (tertiary alicyclic amines) is 1. The van der Waals surface area contributed by atoms with Gasteiger partial charge in [-0.1, -0.05) is 18.2 Å². The predicted octanol–water partition coefficient (Wildman–Crippen LogP) is 4.36. The monoisotopic (exact) mass is 549 g/mol. The van der Waals surface area contributed by atoms with E-state index in [-0.39, 0.29) is 29.7 Å². The summed E-state index contributed by atoms with van der Waals surface area (Å²) < 4.78 is 109. The van der Waals surface area contributed by atoms with Crippen LogP contribution in [-0.2, 0) is 16.4 Å². The summed E-state index contributed by atoms with van der Waals surface area (Å²) in [7, 11) is -4.39. The molecule has 2 aliphatic rings. The number of urea groups is 1. The zero-order valence-corrected chi connectivity index (χ0v) is 20.5. The van der Waals surface area contributed by atoms with E-state index in [2.05, 4.69) is 10.0 Å². The minimum atomic E-state index is -4.39. The molecular weight excluding hydrogens is 524 g/mol. The molecular formula is C24H25F6N3O3S. The maximum Gasteiger partial charge on any atom is 0.318 e. The summed E-state index contributed by atoms with van der Waals surface area (Å²) >= 11 is 0. The molecule has 0 bridgehead atoms. The van der Waals surface area contributed by atoms with Crippen LogP contribution in [0.4, 0.5) is 31.1 Å². The van der Waals surface area contributed by atoms with Crippen molar-refractivity contribution in [1.82, 2.24) is 14.9 Å². The van der Waals surface area contributed by atoms with Crippen molar-refractivity contribution < 1.29 is 39.6 Å². The SMILES string of the molecule is C[C@@H](NC(=O)N1CC2(CC2)[C@H](NS(=O)(=O)CF)[C@@H]1Cc1cccc(-c2cc(F)cc(F)c2)c1F)C(F)F. The molecule has 2 fully saturated rings. The molecule has 1 saturated heterocycles. The molecule has 2 N–H and O–H groups in total. The zero-order valence-electron chi connectivity index (χ0n) is 19.7. The fourth-order valence-corrected chi connectivity index (χ4v) is 5.74. The number of alkyl halides is 3. The lowest BCUT2D eigenvalue weighted by molar-refractivity contribution is 0.102. The molecule has 6 nitrogen and oxygen atoms in total. The van der Waals surface area contributed by atoms with Crippen molar-refractivity contribution in [3.05, 3.63) is 59.4 Å². The van der Waals surface area contributed by atoms with Crippen LogP contribution in [0, 0.1) is 22.9 Å². The van der Waals surface area contributed by atoms with Crippen molar-refractivity contribution in [2.75, 3.05) is 12.6 Å². The first-order valence-electron chi connectivity index (χ1n) is 11.5. The number of carbonyl (C=O) groups is 1. The summed E-state index contributed by atoms with van der Waals surface area (Å²) in [6.07, 6.45) is -2.15. The third kappa shape index (κ3) is 5.71. The standard InChI is InChI=1S/C24H25F6N3O3S/c1-13(22(29)30)31-23(34)33-11-24(5-6-24)21(32-37(35,36)12-25)19(33)9-14-3-2-4-18(20(14)28)15-7-16(26)10-17(27)8-15/h2-4,7-8,10,13,19,21-22,32H,5-6,9,11-12H2,1H3,(H,31,34)/t13-,19+,21-/m1/s1. The van der Waals surface area contributed by atoms with Gasteiger partial charge in [0.2, 0.25) is 16.0 Å². The molecule has 2 aromatic carbocycles. The topological polar surface area (TPSA) is 78.5 Å². The van der Waals surface area contributed by atoms with Crippen LogP contribution in [0.15, 0.2) is 36.4 Å². The quantitative estimate of drug-likeness (QED) is 0.481. The van der Waals surface area contributed by atoms with Gasteiger partial charge in [-0.3, -0.25) is 0 Å². The van der Waals surface area contributed by atoms with E-state index in [0.717, 1.165) is 19.1 Å². The maximum atomic E-state index is 15.6.